The van der Waals surface area contributed by atoms with E-state index in [1.54, 1.807) is 0 Å². The molecule has 0 bridgehead atoms. The maximum Gasteiger partial charge on any atom is 0.0675 e. The summed E-state index contributed by atoms with van der Waals surface area (Å²) in [5, 5.41) is 11.0. The molecule has 0 aromatic rings. The topological polar surface area (TPSA) is 20.2 Å². The summed E-state index contributed by atoms with van der Waals surface area (Å²) < 4.78 is 0. The lowest BCUT2D eigenvalue weighted by atomic mass is 9.72. The van der Waals surface area contributed by atoms with Crippen molar-refractivity contribution >= 4 is 0 Å². The molecule has 0 aromatic carbocycles. The van der Waals surface area contributed by atoms with Crippen LogP contribution in [0.5, 0.6) is 0 Å². The largest absolute Gasteiger partial charge is 0.390 e. The van der Waals surface area contributed by atoms with Gasteiger partial charge in [-0.15, -0.1) is 0 Å². The minimum absolute atomic E-state index is 0.294. The Morgan fingerprint density at radius 2 is 1.00 bits per heavy atom. The van der Waals surface area contributed by atoms with Gasteiger partial charge in [0.25, 0.3) is 0 Å². The summed E-state index contributed by atoms with van der Waals surface area (Å²) in [6.45, 7) is 0. The van der Waals surface area contributed by atoms with Gasteiger partial charge >= 0.3 is 0 Å². The summed E-state index contributed by atoms with van der Waals surface area (Å²) >= 11 is 0. The van der Waals surface area contributed by atoms with E-state index < -0.39 is 0 Å². The fourth-order valence-electron chi connectivity index (χ4n) is 3.92. The Labute approximate surface area is 107 Å². The molecule has 1 N–H and O–H groups in total. The summed E-state index contributed by atoms with van der Waals surface area (Å²) in [7, 11) is 0. The number of hydrogen-bond acceptors (Lipinski definition) is 1. The normalized spacial score (nSPS) is 28.8. The Hall–Kier alpha value is -0.0400. The van der Waals surface area contributed by atoms with Crippen LogP contribution in [0.1, 0.15) is 89.9 Å². The molecule has 0 amide bonds. The maximum atomic E-state index is 11.0. The molecule has 2 aliphatic rings. The Kier molecular flexibility index (Phi) is 5.34. The van der Waals surface area contributed by atoms with Crippen LogP contribution in [0.4, 0.5) is 0 Å². The predicted octanol–water partition coefficient (Wildman–Crippen LogP) is 4.82. The van der Waals surface area contributed by atoms with Crippen molar-refractivity contribution in [3.05, 3.63) is 0 Å². The van der Waals surface area contributed by atoms with Crippen LogP contribution < -0.4 is 0 Å². The fourth-order valence-corrected chi connectivity index (χ4v) is 3.92. The second-order valence-electron chi connectivity index (χ2n) is 6.41. The zero-order chi connectivity index (χ0) is 12.0. The van der Waals surface area contributed by atoms with E-state index in [9.17, 15) is 5.11 Å². The van der Waals surface area contributed by atoms with Gasteiger partial charge in [-0.25, -0.2) is 0 Å². The third kappa shape index (κ3) is 3.98. The maximum absolute atomic E-state index is 11.0. The molecule has 0 spiro atoms. The van der Waals surface area contributed by atoms with Crippen LogP contribution in [-0.4, -0.2) is 10.7 Å². The molecule has 1 nitrogen and oxygen atoms in total. The lowest BCUT2D eigenvalue weighted by molar-refractivity contribution is -0.0511. The van der Waals surface area contributed by atoms with Gasteiger partial charge < -0.3 is 5.11 Å². The highest BCUT2D eigenvalue weighted by Crippen LogP contribution is 2.39. The third-order valence-corrected chi connectivity index (χ3v) is 5.08. The Morgan fingerprint density at radius 1 is 0.588 bits per heavy atom. The summed E-state index contributed by atoms with van der Waals surface area (Å²) in [5.74, 6) is 0.621. The fraction of sp³-hybridized carbons (Fsp3) is 1.00. The van der Waals surface area contributed by atoms with Crippen molar-refractivity contribution in [2.45, 2.75) is 95.5 Å². The highest BCUT2D eigenvalue weighted by Gasteiger charge is 2.36. The molecule has 1 heteroatoms. The van der Waals surface area contributed by atoms with Crippen LogP contribution >= 0.6 is 0 Å². The van der Waals surface area contributed by atoms with E-state index in [1.165, 1.54) is 77.0 Å². The van der Waals surface area contributed by atoms with Gasteiger partial charge in [0.05, 0.1) is 5.60 Å². The average Bonchev–Trinajstić information content (AvgIpc) is 2.38. The van der Waals surface area contributed by atoms with Crippen LogP contribution in [-0.2, 0) is 0 Å². The van der Waals surface area contributed by atoms with Gasteiger partial charge in [0.15, 0.2) is 0 Å². The van der Waals surface area contributed by atoms with Crippen LogP contribution in [0.25, 0.3) is 0 Å². The first-order valence-electron chi connectivity index (χ1n) is 8.04. The Morgan fingerprint density at radius 3 is 1.53 bits per heavy atom. The molecule has 0 heterocycles. The summed E-state index contributed by atoms with van der Waals surface area (Å²) in [6, 6.07) is 0. The molecular formula is C16H30O. The highest BCUT2D eigenvalue weighted by molar-refractivity contribution is 4.88. The second kappa shape index (κ2) is 6.78. The summed E-state index contributed by atoms with van der Waals surface area (Å²) in [6.07, 6.45) is 18.2. The lowest BCUT2D eigenvalue weighted by Gasteiger charge is -2.39. The third-order valence-electron chi connectivity index (χ3n) is 5.08. The first-order chi connectivity index (χ1) is 8.31. The van der Waals surface area contributed by atoms with Crippen molar-refractivity contribution in [3.63, 3.8) is 0 Å². The molecule has 0 aromatic heterocycles. The van der Waals surface area contributed by atoms with Crippen molar-refractivity contribution < 1.29 is 5.11 Å². The molecule has 2 fully saturated rings. The number of rotatable bonds is 1. The van der Waals surface area contributed by atoms with Gasteiger partial charge in [-0.1, -0.05) is 64.2 Å². The molecule has 0 unspecified atom stereocenters. The average molecular weight is 238 g/mol. The van der Waals surface area contributed by atoms with E-state index in [0.717, 1.165) is 12.8 Å². The molecule has 2 aliphatic carbocycles. The van der Waals surface area contributed by atoms with Gasteiger partial charge in [0, 0.05) is 0 Å². The zero-order valence-corrected chi connectivity index (χ0v) is 11.4. The SMILES string of the molecule is OC1(C2CCCCC2)CCCCCCCCC1. The summed E-state index contributed by atoms with van der Waals surface area (Å²) in [4.78, 5) is 0. The predicted molar refractivity (Wildman–Crippen MR) is 73.1 cm³/mol. The molecule has 0 saturated heterocycles. The van der Waals surface area contributed by atoms with Gasteiger partial charge in [0.2, 0.25) is 0 Å². The van der Waals surface area contributed by atoms with Crippen molar-refractivity contribution in [1.82, 2.24) is 0 Å². The molecule has 100 valence electrons. The van der Waals surface area contributed by atoms with Gasteiger partial charge in [0.1, 0.15) is 0 Å². The van der Waals surface area contributed by atoms with E-state index in [2.05, 4.69) is 0 Å². The van der Waals surface area contributed by atoms with Crippen LogP contribution in [0.15, 0.2) is 0 Å². The quantitative estimate of drug-likeness (QED) is 0.694. The van der Waals surface area contributed by atoms with Gasteiger partial charge in [-0.3, -0.25) is 0 Å². The minimum atomic E-state index is -0.294. The lowest BCUT2D eigenvalue weighted by Crippen LogP contribution is -2.39. The Balaban J connectivity index is 1.91. The molecule has 0 aliphatic heterocycles. The molecule has 0 radical (unpaired) electrons. The standard InChI is InChI=1S/C16H30O/c17-16(15-11-7-6-8-12-15)13-9-4-2-1-3-5-10-14-16/h15,17H,1-14H2. The van der Waals surface area contributed by atoms with Crippen LogP contribution in [0, 0.1) is 5.92 Å². The molecule has 2 rings (SSSR count). The van der Waals surface area contributed by atoms with Crippen molar-refractivity contribution in [2.24, 2.45) is 5.92 Å². The van der Waals surface area contributed by atoms with Crippen LogP contribution in [0.2, 0.25) is 0 Å². The zero-order valence-electron chi connectivity index (χ0n) is 11.4. The molecule has 0 atom stereocenters. The van der Waals surface area contributed by atoms with Crippen LogP contribution in [0.3, 0.4) is 0 Å². The van der Waals surface area contributed by atoms with E-state index in [0.29, 0.717) is 5.92 Å². The van der Waals surface area contributed by atoms with E-state index in [1.807, 2.05) is 0 Å². The monoisotopic (exact) mass is 238 g/mol. The number of hydrogen-bond donors (Lipinski definition) is 1. The summed E-state index contributed by atoms with van der Waals surface area (Å²) in [5.41, 5.74) is -0.294. The highest BCUT2D eigenvalue weighted by atomic mass is 16.3. The smallest absolute Gasteiger partial charge is 0.0675 e. The van der Waals surface area contributed by atoms with E-state index in [-0.39, 0.29) is 5.60 Å². The van der Waals surface area contributed by atoms with Gasteiger partial charge in [-0.2, -0.15) is 0 Å². The Bertz CT molecular complexity index is 196. The van der Waals surface area contributed by atoms with Crippen molar-refractivity contribution in [3.8, 4) is 0 Å². The molecule has 2 saturated carbocycles. The molecular weight excluding hydrogens is 208 g/mol. The number of aliphatic hydroxyl groups is 1. The van der Waals surface area contributed by atoms with Crippen molar-refractivity contribution in [2.75, 3.05) is 0 Å². The first kappa shape index (κ1) is 13.4. The van der Waals surface area contributed by atoms with Gasteiger partial charge in [-0.05, 0) is 31.6 Å². The minimum Gasteiger partial charge on any atom is -0.390 e. The van der Waals surface area contributed by atoms with E-state index >= 15 is 0 Å². The second-order valence-corrected chi connectivity index (χ2v) is 6.41. The first-order valence-corrected chi connectivity index (χ1v) is 8.04. The molecule has 17 heavy (non-hydrogen) atoms. The van der Waals surface area contributed by atoms with Crippen molar-refractivity contribution in [1.29, 1.82) is 0 Å². The van der Waals surface area contributed by atoms with E-state index in [4.69, 9.17) is 0 Å².